The van der Waals surface area contributed by atoms with E-state index in [0.717, 1.165) is 19.2 Å². The normalized spacial score (nSPS) is 9.71. The van der Waals surface area contributed by atoms with Crippen molar-refractivity contribution in [1.29, 1.82) is 0 Å². The third-order valence-corrected chi connectivity index (χ3v) is 2.03. The van der Waals surface area contributed by atoms with Crippen molar-refractivity contribution in [2.75, 3.05) is 7.11 Å². The lowest BCUT2D eigenvalue weighted by atomic mass is 10.0. The Labute approximate surface area is 94.9 Å². The van der Waals surface area contributed by atoms with Crippen LogP contribution in [0.5, 0.6) is 5.75 Å². The first kappa shape index (κ1) is 12.5. The van der Waals surface area contributed by atoms with Gasteiger partial charge in [0.25, 0.3) is 0 Å². The van der Waals surface area contributed by atoms with Crippen molar-refractivity contribution < 1.29 is 34.4 Å². The second kappa shape index (κ2) is 4.52. The Morgan fingerprint density at radius 3 is 1.65 bits per heavy atom. The number of carboxylic acids is 3. The minimum absolute atomic E-state index is 0.208. The SMILES string of the molecule is COc1cc(C(=O)O)c(C(=O)O)cc1C(=O)O. The molecule has 0 unspecified atom stereocenters. The van der Waals surface area contributed by atoms with Gasteiger partial charge in [0.2, 0.25) is 0 Å². The van der Waals surface area contributed by atoms with Gasteiger partial charge in [0.1, 0.15) is 11.3 Å². The predicted molar refractivity (Wildman–Crippen MR) is 53.9 cm³/mol. The maximum atomic E-state index is 10.8. The Morgan fingerprint density at radius 1 is 0.882 bits per heavy atom. The Kier molecular flexibility index (Phi) is 3.32. The Hall–Kier alpha value is -2.57. The van der Waals surface area contributed by atoms with E-state index < -0.39 is 34.6 Å². The average Bonchev–Trinajstić information content (AvgIpc) is 2.26. The zero-order valence-electron chi connectivity index (χ0n) is 8.63. The third-order valence-electron chi connectivity index (χ3n) is 2.03. The minimum atomic E-state index is -1.52. The molecule has 0 aliphatic rings. The summed E-state index contributed by atoms with van der Waals surface area (Å²) in [7, 11) is 1.16. The number of hydrogen-bond donors (Lipinski definition) is 3. The Morgan fingerprint density at radius 2 is 1.29 bits per heavy atom. The van der Waals surface area contributed by atoms with Crippen LogP contribution in [-0.2, 0) is 0 Å². The maximum absolute atomic E-state index is 10.8. The molecule has 0 saturated heterocycles. The second-order valence-corrected chi connectivity index (χ2v) is 3.01. The van der Waals surface area contributed by atoms with Crippen LogP contribution in [0.25, 0.3) is 0 Å². The molecule has 0 radical (unpaired) electrons. The first-order valence-corrected chi connectivity index (χ1v) is 4.30. The second-order valence-electron chi connectivity index (χ2n) is 3.01. The van der Waals surface area contributed by atoms with Gasteiger partial charge in [-0.15, -0.1) is 0 Å². The highest BCUT2D eigenvalue weighted by Gasteiger charge is 2.22. The van der Waals surface area contributed by atoms with Crippen LogP contribution < -0.4 is 4.74 Å². The van der Waals surface area contributed by atoms with Crippen LogP contribution in [0.1, 0.15) is 31.1 Å². The highest BCUT2D eigenvalue weighted by Crippen LogP contribution is 2.24. The van der Waals surface area contributed by atoms with Crippen LogP contribution in [0.2, 0.25) is 0 Å². The molecule has 0 spiro atoms. The molecule has 1 rings (SSSR count). The van der Waals surface area contributed by atoms with Gasteiger partial charge in [-0.3, -0.25) is 0 Å². The summed E-state index contributed by atoms with van der Waals surface area (Å²) < 4.78 is 4.70. The van der Waals surface area contributed by atoms with Gasteiger partial charge in [-0.25, -0.2) is 14.4 Å². The minimum Gasteiger partial charge on any atom is -0.496 e. The number of aromatic carboxylic acids is 3. The standard InChI is InChI=1S/C10H8O7/c1-17-7-3-5(9(13)14)4(8(11)12)2-6(7)10(15)16/h2-3H,1H3,(H,11,12)(H,13,14)(H,15,16). The van der Waals surface area contributed by atoms with E-state index in [1.807, 2.05) is 0 Å². The number of hydrogen-bond acceptors (Lipinski definition) is 4. The van der Waals surface area contributed by atoms with Crippen LogP contribution in [0, 0.1) is 0 Å². The Bertz CT molecular complexity index is 504. The molecule has 0 aromatic heterocycles. The third kappa shape index (κ3) is 2.33. The van der Waals surface area contributed by atoms with Gasteiger partial charge in [0, 0.05) is 0 Å². The van der Waals surface area contributed by atoms with Crippen molar-refractivity contribution in [2.45, 2.75) is 0 Å². The van der Waals surface area contributed by atoms with Crippen molar-refractivity contribution in [2.24, 2.45) is 0 Å². The summed E-state index contributed by atoms with van der Waals surface area (Å²) in [5.41, 5.74) is -1.54. The van der Waals surface area contributed by atoms with Crippen LogP contribution in [0.15, 0.2) is 12.1 Å². The lowest BCUT2D eigenvalue weighted by Gasteiger charge is -2.08. The summed E-state index contributed by atoms with van der Waals surface area (Å²) in [5, 5.41) is 26.4. The van der Waals surface area contributed by atoms with E-state index >= 15 is 0 Å². The molecule has 0 aliphatic carbocycles. The molecule has 1 aromatic rings. The van der Waals surface area contributed by atoms with E-state index in [9.17, 15) is 14.4 Å². The first-order valence-electron chi connectivity index (χ1n) is 4.30. The van der Waals surface area contributed by atoms with Crippen molar-refractivity contribution >= 4 is 17.9 Å². The van der Waals surface area contributed by atoms with E-state index in [0.29, 0.717) is 0 Å². The highest BCUT2D eigenvalue weighted by molar-refractivity contribution is 6.05. The molecular formula is C10H8O7. The molecule has 0 saturated carbocycles. The average molecular weight is 240 g/mol. The molecule has 7 heteroatoms. The van der Waals surface area contributed by atoms with Crippen LogP contribution in [0.4, 0.5) is 0 Å². The summed E-state index contributed by atoms with van der Waals surface area (Å²) in [4.78, 5) is 32.4. The summed E-state index contributed by atoms with van der Waals surface area (Å²) in [6, 6.07) is 1.63. The molecular weight excluding hydrogens is 232 g/mol. The molecule has 3 N–H and O–H groups in total. The first-order chi connectivity index (χ1) is 7.88. The van der Waals surface area contributed by atoms with E-state index in [-0.39, 0.29) is 5.75 Å². The molecule has 0 amide bonds. The molecule has 1 aromatic carbocycles. The van der Waals surface area contributed by atoms with Gasteiger partial charge < -0.3 is 20.1 Å². The summed E-state index contributed by atoms with van der Waals surface area (Å²) in [6.45, 7) is 0. The lowest BCUT2D eigenvalue weighted by Crippen LogP contribution is -2.11. The smallest absolute Gasteiger partial charge is 0.339 e. The zero-order chi connectivity index (χ0) is 13.2. The molecule has 0 aliphatic heterocycles. The van der Waals surface area contributed by atoms with Gasteiger partial charge >= 0.3 is 17.9 Å². The zero-order valence-corrected chi connectivity index (χ0v) is 8.63. The number of rotatable bonds is 4. The number of carbonyl (C=O) groups is 3. The topological polar surface area (TPSA) is 121 Å². The van der Waals surface area contributed by atoms with Crippen molar-refractivity contribution in [3.05, 3.63) is 28.8 Å². The molecule has 17 heavy (non-hydrogen) atoms. The van der Waals surface area contributed by atoms with Gasteiger partial charge in [0.15, 0.2) is 0 Å². The van der Waals surface area contributed by atoms with Crippen molar-refractivity contribution in [3.63, 3.8) is 0 Å². The number of ether oxygens (including phenoxy) is 1. The number of methoxy groups -OCH3 is 1. The summed E-state index contributed by atoms with van der Waals surface area (Å²) in [6.07, 6.45) is 0. The number of carboxylic acid groups (broad SMARTS) is 3. The van der Waals surface area contributed by atoms with Crippen LogP contribution >= 0.6 is 0 Å². The van der Waals surface area contributed by atoms with Crippen molar-refractivity contribution in [1.82, 2.24) is 0 Å². The fraction of sp³-hybridized carbons (Fsp3) is 0.100. The molecule has 0 fully saturated rings. The van der Waals surface area contributed by atoms with Gasteiger partial charge in [0.05, 0.1) is 18.2 Å². The van der Waals surface area contributed by atoms with Gasteiger partial charge in [-0.2, -0.15) is 0 Å². The quantitative estimate of drug-likeness (QED) is 0.711. The summed E-state index contributed by atoms with van der Waals surface area (Å²) >= 11 is 0. The molecule has 7 nitrogen and oxygen atoms in total. The fourth-order valence-electron chi connectivity index (χ4n) is 1.27. The van der Waals surface area contributed by atoms with E-state index in [1.54, 1.807) is 0 Å². The number of benzene rings is 1. The lowest BCUT2D eigenvalue weighted by molar-refractivity contribution is 0.0648. The van der Waals surface area contributed by atoms with Gasteiger partial charge in [-0.1, -0.05) is 0 Å². The monoisotopic (exact) mass is 240 g/mol. The fourth-order valence-corrected chi connectivity index (χ4v) is 1.27. The molecule has 90 valence electrons. The van der Waals surface area contributed by atoms with Crippen LogP contribution in [0.3, 0.4) is 0 Å². The summed E-state index contributed by atoms with van der Waals surface area (Å²) in [5.74, 6) is -4.61. The largest absolute Gasteiger partial charge is 0.496 e. The van der Waals surface area contributed by atoms with Gasteiger partial charge in [-0.05, 0) is 12.1 Å². The van der Waals surface area contributed by atoms with Crippen LogP contribution in [-0.4, -0.2) is 40.3 Å². The molecule has 0 atom stereocenters. The molecule has 0 bridgehead atoms. The Balaban J connectivity index is 3.59. The van der Waals surface area contributed by atoms with E-state index in [2.05, 4.69) is 0 Å². The van der Waals surface area contributed by atoms with E-state index in [1.165, 1.54) is 0 Å². The van der Waals surface area contributed by atoms with Crippen molar-refractivity contribution in [3.8, 4) is 5.75 Å². The predicted octanol–water partition coefficient (Wildman–Crippen LogP) is 0.790. The molecule has 0 heterocycles. The van der Waals surface area contributed by atoms with E-state index in [4.69, 9.17) is 20.1 Å². The maximum Gasteiger partial charge on any atom is 0.339 e. The highest BCUT2D eigenvalue weighted by atomic mass is 16.5.